The van der Waals surface area contributed by atoms with Gasteiger partial charge < -0.3 is 34.8 Å². The van der Waals surface area contributed by atoms with E-state index in [-0.39, 0.29) is 20.1 Å². The number of hydrogen-bond donors (Lipinski definition) is 1. The van der Waals surface area contributed by atoms with Crippen LogP contribution in [0.5, 0.6) is 0 Å². The van der Waals surface area contributed by atoms with Gasteiger partial charge in [-0.3, -0.25) is 0 Å². The first-order chi connectivity index (χ1) is 5.78. The van der Waals surface area contributed by atoms with E-state index in [4.69, 9.17) is 5.11 Å². The van der Waals surface area contributed by atoms with Crippen molar-refractivity contribution >= 4 is 17.9 Å². The van der Waals surface area contributed by atoms with Crippen LogP contribution in [-0.4, -0.2) is 28.6 Å². The molecule has 81 valence electrons. The standard InChI is InChI=1S/C6H8O7.Tc/c7-3(8)1-6(13,5(11)12)2-4(9)10;/h13H,1-2H2,(H,7,8)(H,9,10)(H,11,12);/p-3. The third kappa shape index (κ3) is 4.90. The van der Waals surface area contributed by atoms with E-state index >= 15 is 0 Å². The molecule has 0 rings (SSSR count). The molecule has 1 N–H and O–H groups in total. The first kappa shape index (κ1) is 15.5. The van der Waals surface area contributed by atoms with E-state index in [1.54, 1.807) is 0 Å². The summed E-state index contributed by atoms with van der Waals surface area (Å²) in [6.07, 6.45) is -2.72. The SMILES string of the molecule is O=C([O-])CC(O)(CC(=O)[O-])C(=O)[O-].[Tc]. The Bertz CT molecular complexity index is 233. The molecule has 7 nitrogen and oxygen atoms in total. The minimum absolute atomic E-state index is 0. The molecule has 0 unspecified atom stereocenters. The molecule has 0 heterocycles. The van der Waals surface area contributed by atoms with Crippen LogP contribution in [0.25, 0.3) is 0 Å². The van der Waals surface area contributed by atoms with Crippen molar-refractivity contribution in [2.45, 2.75) is 18.4 Å². The molecule has 1 radical (unpaired) electrons. The zero-order valence-electron chi connectivity index (χ0n) is 6.69. The van der Waals surface area contributed by atoms with E-state index in [2.05, 4.69) is 0 Å². The number of aliphatic hydroxyl groups is 1. The molecule has 0 aliphatic rings. The molecule has 0 aromatic heterocycles. The Hall–Kier alpha value is -0.981. The molecular weight excluding hydrogens is 282 g/mol. The third-order valence-corrected chi connectivity index (χ3v) is 1.25. The second-order valence-electron chi connectivity index (χ2n) is 2.42. The van der Waals surface area contributed by atoms with Crippen molar-refractivity contribution in [2.75, 3.05) is 0 Å². The zero-order chi connectivity index (χ0) is 10.6. The summed E-state index contributed by atoms with van der Waals surface area (Å²) in [5.41, 5.74) is -2.97. The summed E-state index contributed by atoms with van der Waals surface area (Å²) in [7, 11) is 0. The fraction of sp³-hybridized carbons (Fsp3) is 0.500. The summed E-state index contributed by atoms with van der Waals surface area (Å²) >= 11 is 0. The Morgan fingerprint density at radius 2 is 1.29 bits per heavy atom. The number of carbonyl (C=O) groups is 3. The molecule has 0 aromatic rings. The van der Waals surface area contributed by atoms with Gasteiger partial charge in [-0.15, -0.1) is 0 Å². The Labute approximate surface area is 91.7 Å². The first-order valence-corrected chi connectivity index (χ1v) is 3.11. The molecular formula is C6H5O7Tc-3. The monoisotopic (exact) mass is 286 g/mol. The number of rotatable bonds is 5. The average molecular weight is 287 g/mol. The van der Waals surface area contributed by atoms with Crippen LogP contribution in [0.1, 0.15) is 12.8 Å². The molecule has 14 heavy (non-hydrogen) atoms. The van der Waals surface area contributed by atoms with Gasteiger partial charge in [-0.25, -0.2) is 0 Å². The second-order valence-corrected chi connectivity index (χ2v) is 2.42. The quantitative estimate of drug-likeness (QED) is 0.532. The maximum Gasteiger partial charge on any atom is 0.114 e. The summed E-state index contributed by atoms with van der Waals surface area (Å²) in [4.78, 5) is 30.0. The maximum absolute atomic E-state index is 10.1. The Morgan fingerprint density at radius 1 is 1.00 bits per heavy atom. The van der Waals surface area contributed by atoms with Gasteiger partial charge in [0.05, 0.1) is 5.97 Å². The Morgan fingerprint density at radius 3 is 1.43 bits per heavy atom. The van der Waals surface area contributed by atoms with E-state index in [1.807, 2.05) is 0 Å². The van der Waals surface area contributed by atoms with Crippen LogP contribution < -0.4 is 15.3 Å². The van der Waals surface area contributed by atoms with E-state index in [0.29, 0.717) is 0 Å². The molecule has 0 amide bonds. The van der Waals surface area contributed by atoms with Crippen molar-refractivity contribution in [2.24, 2.45) is 0 Å². The molecule has 0 aliphatic carbocycles. The van der Waals surface area contributed by atoms with E-state index < -0.39 is 36.4 Å². The minimum atomic E-state index is -2.97. The molecule has 0 aliphatic heterocycles. The largest absolute Gasteiger partial charge is 0.550 e. The van der Waals surface area contributed by atoms with E-state index in [9.17, 15) is 29.7 Å². The van der Waals surface area contributed by atoms with Crippen molar-refractivity contribution in [3.63, 3.8) is 0 Å². The van der Waals surface area contributed by atoms with Gasteiger partial charge in [0, 0.05) is 44.9 Å². The second kappa shape index (κ2) is 5.69. The number of carboxylic acids is 3. The normalized spacial score (nSPS) is 10.1. The van der Waals surface area contributed by atoms with Crippen LogP contribution in [-0.2, 0) is 34.5 Å². The number of carboxylic acid groups (broad SMARTS) is 3. The van der Waals surface area contributed by atoms with Gasteiger partial charge in [-0.2, -0.15) is 0 Å². The molecule has 0 fully saturated rings. The predicted octanol–water partition coefficient (Wildman–Crippen LogP) is -5.26. The van der Waals surface area contributed by atoms with E-state index in [1.165, 1.54) is 0 Å². The zero-order valence-corrected chi connectivity index (χ0v) is 8.55. The van der Waals surface area contributed by atoms with Crippen molar-refractivity contribution in [1.82, 2.24) is 0 Å². The van der Waals surface area contributed by atoms with Crippen molar-refractivity contribution in [3.05, 3.63) is 0 Å². The topological polar surface area (TPSA) is 141 Å². The Balaban J connectivity index is 0. The van der Waals surface area contributed by atoms with Crippen LogP contribution in [0.4, 0.5) is 0 Å². The fourth-order valence-electron chi connectivity index (χ4n) is 0.684. The molecule has 0 saturated carbocycles. The van der Waals surface area contributed by atoms with Crippen LogP contribution >= 0.6 is 0 Å². The Kier molecular flexibility index (Phi) is 6.29. The van der Waals surface area contributed by atoms with Gasteiger partial charge in [-0.05, 0) is 0 Å². The van der Waals surface area contributed by atoms with Crippen LogP contribution in [0, 0.1) is 0 Å². The van der Waals surface area contributed by atoms with Crippen molar-refractivity contribution < 1.29 is 54.9 Å². The van der Waals surface area contributed by atoms with Gasteiger partial charge in [0.25, 0.3) is 0 Å². The minimum Gasteiger partial charge on any atom is -0.550 e. The number of aliphatic carboxylic acids is 3. The first-order valence-electron chi connectivity index (χ1n) is 3.11. The summed E-state index contributed by atoms with van der Waals surface area (Å²) in [6.45, 7) is 0. The van der Waals surface area contributed by atoms with Gasteiger partial charge in [0.1, 0.15) is 5.60 Å². The van der Waals surface area contributed by atoms with Crippen LogP contribution in [0.3, 0.4) is 0 Å². The van der Waals surface area contributed by atoms with Crippen LogP contribution in [0.15, 0.2) is 0 Å². The summed E-state index contributed by atoms with van der Waals surface area (Å²) in [5.74, 6) is -5.98. The molecule has 0 spiro atoms. The van der Waals surface area contributed by atoms with Gasteiger partial charge in [-0.1, -0.05) is 0 Å². The fourth-order valence-corrected chi connectivity index (χ4v) is 0.684. The smallest absolute Gasteiger partial charge is 0.114 e. The van der Waals surface area contributed by atoms with Gasteiger partial charge in [0.15, 0.2) is 0 Å². The number of hydrogen-bond acceptors (Lipinski definition) is 7. The molecule has 0 atom stereocenters. The van der Waals surface area contributed by atoms with Gasteiger partial charge >= 0.3 is 0 Å². The van der Waals surface area contributed by atoms with Crippen molar-refractivity contribution in [3.8, 4) is 0 Å². The third-order valence-electron chi connectivity index (χ3n) is 1.25. The molecule has 0 saturated heterocycles. The summed E-state index contributed by atoms with van der Waals surface area (Å²) in [5, 5.41) is 38.9. The predicted molar refractivity (Wildman–Crippen MR) is 29.2 cm³/mol. The summed E-state index contributed by atoms with van der Waals surface area (Å²) in [6, 6.07) is 0. The average Bonchev–Trinajstić information content (AvgIpc) is 1.82. The van der Waals surface area contributed by atoms with Crippen molar-refractivity contribution in [1.29, 1.82) is 0 Å². The van der Waals surface area contributed by atoms with Gasteiger partial charge in [0.2, 0.25) is 0 Å². The molecule has 0 aromatic carbocycles. The number of carbonyl (C=O) groups excluding carboxylic acids is 3. The molecule has 0 bridgehead atoms. The molecule has 8 heteroatoms. The van der Waals surface area contributed by atoms with Crippen LogP contribution in [0.2, 0.25) is 0 Å². The summed E-state index contributed by atoms with van der Waals surface area (Å²) < 4.78 is 0. The van der Waals surface area contributed by atoms with E-state index in [0.717, 1.165) is 0 Å². The maximum atomic E-state index is 10.1.